The van der Waals surface area contributed by atoms with Gasteiger partial charge in [-0.1, -0.05) is 11.6 Å². The van der Waals surface area contributed by atoms with Crippen LogP contribution in [0.25, 0.3) is 11.0 Å². The van der Waals surface area contributed by atoms with E-state index in [1.165, 1.54) is 0 Å². The summed E-state index contributed by atoms with van der Waals surface area (Å²) in [4.78, 5) is 20.4. The van der Waals surface area contributed by atoms with Crippen LogP contribution >= 0.6 is 23.8 Å². The number of ether oxygens (including phenoxy) is 1. The van der Waals surface area contributed by atoms with Crippen LogP contribution in [0.2, 0.25) is 5.02 Å². The molecule has 8 heteroatoms. The fourth-order valence-corrected chi connectivity index (χ4v) is 3.58. The number of imidazole rings is 1. The number of aromatic nitrogens is 2. The highest BCUT2D eigenvalue weighted by Crippen LogP contribution is 2.31. The van der Waals surface area contributed by atoms with Crippen molar-refractivity contribution in [2.24, 2.45) is 0 Å². The van der Waals surface area contributed by atoms with Crippen molar-refractivity contribution in [2.75, 3.05) is 18.0 Å². The van der Waals surface area contributed by atoms with E-state index in [9.17, 15) is 4.79 Å². The summed E-state index contributed by atoms with van der Waals surface area (Å²) >= 11 is 11.6. The molecule has 136 valence electrons. The lowest BCUT2D eigenvalue weighted by Gasteiger charge is -2.35. The average Bonchev–Trinajstić information content (AvgIpc) is 2.83. The van der Waals surface area contributed by atoms with Gasteiger partial charge >= 0.3 is 6.09 Å². The van der Waals surface area contributed by atoms with Crippen molar-refractivity contribution in [2.45, 2.75) is 45.3 Å². The second-order valence-corrected chi connectivity index (χ2v) is 8.18. The van der Waals surface area contributed by atoms with E-state index >= 15 is 0 Å². The number of hydrogen-bond acceptors (Lipinski definition) is 4. The molecule has 1 unspecified atom stereocenters. The fraction of sp³-hybridized carbons (Fsp3) is 0.529. The van der Waals surface area contributed by atoms with Crippen LogP contribution in [-0.2, 0) is 4.74 Å². The molecule has 1 aromatic heterocycles. The maximum atomic E-state index is 12.0. The van der Waals surface area contributed by atoms with E-state index in [2.05, 4.69) is 20.2 Å². The summed E-state index contributed by atoms with van der Waals surface area (Å²) < 4.78 is 5.93. The number of carbonyl (C=O) groups excluding carboxylic acids is 1. The first-order valence-electron chi connectivity index (χ1n) is 8.37. The molecule has 1 saturated heterocycles. The molecule has 0 bridgehead atoms. The summed E-state index contributed by atoms with van der Waals surface area (Å²) in [6.45, 7) is 7.15. The standard InChI is InChI=1S/C17H23ClN4O2S/c1-17(2,3)24-16(23)19-10-5-4-6-22(9-10)14-8-13-12(7-11(14)18)20-15(25)21-13/h7-8,10H,4-6,9H2,1-3H3,(H,19,23)(H2,20,21,25). The summed E-state index contributed by atoms with van der Waals surface area (Å²) in [7, 11) is 0. The Hall–Kier alpha value is -1.73. The minimum absolute atomic E-state index is 0.0279. The monoisotopic (exact) mass is 382 g/mol. The second kappa shape index (κ2) is 6.88. The van der Waals surface area contributed by atoms with Gasteiger partial charge in [-0.2, -0.15) is 0 Å². The molecule has 3 N–H and O–H groups in total. The lowest BCUT2D eigenvalue weighted by Crippen LogP contribution is -2.49. The number of amides is 1. The van der Waals surface area contributed by atoms with Crippen LogP contribution in [0.1, 0.15) is 33.6 Å². The van der Waals surface area contributed by atoms with Crippen molar-refractivity contribution in [3.63, 3.8) is 0 Å². The number of fused-ring (bicyclic) bond motifs is 1. The van der Waals surface area contributed by atoms with Gasteiger partial charge in [0.25, 0.3) is 0 Å². The Morgan fingerprint density at radius 1 is 1.36 bits per heavy atom. The molecule has 6 nitrogen and oxygen atoms in total. The molecule has 1 amide bonds. The van der Waals surface area contributed by atoms with E-state index < -0.39 is 5.60 Å². The van der Waals surface area contributed by atoms with E-state index in [4.69, 9.17) is 28.6 Å². The van der Waals surface area contributed by atoms with Crippen LogP contribution in [0.5, 0.6) is 0 Å². The number of hydrogen-bond donors (Lipinski definition) is 3. The first kappa shape index (κ1) is 18.1. The number of aromatic amines is 2. The molecule has 0 spiro atoms. The van der Waals surface area contributed by atoms with Gasteiger partial charge in [-0.15, -0.1) is 0 Å². The van der Waals surface area contributed by atoms with Crippen molar-refractivity contribution in [1.82, 2.24) is 15.3 Å². The zero-order chi connectivity index (χ0) is 18.2. The van der Waals surface area contributed by atoms with Crippen molar-refractivity contribution in [3.8, 4) is 0 Å². The summed E-state index contributed by atoms with van der Waals surface area (Å²) in [5.74, 6) is 0. The third-order valence-corrected chi connectivity index (χ3v) is 4.57. The number of rotatable bonds is 2. The van der Waals surface area contributed by atoms with Crippen LogP contribution in [0, 0.1) is 4.77 Å². The van der Waals surface area contributed by atoms with Gasteiger partial charge in [0.05, 0.1) is 21.7 Å². The van der Waals surface area contributed by atoms with E-state index in [1.807, 2.05) is 32.9 Å². The molecule has 1 atom stereocenters. The van der Waals surface area contributed by atoms with Crippen LogP contribution in [0.15, 0.2) is 12.1 Å². The van der Waals surface area contributed by atoms with Gasteiger partial charge in [0, 0.05) is 19.1 Å². The predicted molar refractivity (Wildman–Crippen MR) is 103 cm³/mol. The first-order chi connectivity index (χ1) is 11.7. The number of alkyl carbamates (subject to hydrolysis) is 1. The highest BCUT2D eigenvalue weighted by Gasteiger charge is 2.25. The molecule has 2 heterocycles. The number of H-pyrrole nitrogens is 2. The third kappa shape index (κ3) is 4.46. The van der Waals surface area contributed by atoms with Gasteiger partial charge in [-0.25, -0.2) is 4.79 Å². The van der Waals surface area contributed by atoms with E-state index in [0.717, 1.165) is 36.1 Å². The van der Waals surface area contributed by atoms with Gasteiger partial charge in [0.15, 0.2) is 4.77 Å². The molecule has 1 fully saturated rings. The van der Waals surface area contributed by atoms with E-state index in [0.29, 0.717) is 16.3 Å². The summed E-state index contributed by atoms with van der Waals surface area (Å²) in [6.07, 6.45) is 1.51. The Labute approximate surface area is 156 Å². The summed E-state index contributed by atoms with van der Waals surface area (Å²) in [5.41, 5.74) is 2.25. The number of anilines is 1. The zero-order valence-electron chi connectivity index (χ0n) is 14.6. The Balaban J connectivity index is 1.74. The van der Waals surface area contributed by atoms with Gasteiger partial charge < -0.3 is 24.9 Å². The smallest absolute Gasteiger partial charge is 0.407 e. The van der Waals surface area contributed by atoms with Gasteiger partial charge in [0.1, 0.15) is 5.60 Å². The average molecular weight is 383 g/mol. The normalized spacial score (nSPS) is 18.4. The number of benzene rings is 1. The molecule has 1 aromatic carbocycles. The molecular formula is C17H23ClN4O2S. The number of nitrogens with zero attached hydrogens (tertiary/aromatic N) is 1. The SMILES string of the molecule is CC(C)(C)OC(=O)NC1CCCN(c2cc3[nH]c(=S)[nH]c3cc2Cl)C1. The van der Waals surface area contributed by atoms with E-state index in [1.54, 1.807) is 0 Å². The van der Waals surface area contributed by atoms with Crippen LogP contribution in [-0.4, -0.2) is 40.8 Å². The molecule has 25 heavy (non-hydrogen) atoms. The largest absolute Gasteiger partial charge is 0.444 e. The fourth-order valence-electron chi connectivity index (χ4n) is 3.07. The van der Waals surface area contributed by atoms with Crippen molar-refractivity contribution in [3.05, 3.63) is 21.9 Å². The number of halogens is 1. The first-order valence-corrected chi connectivity index (χ1v) is 9.16. The Kier molecular flexibility index (Phi) is 4.97. The number of carbonyl (C=O) groups is 1. The maximum absolute atomic E-state index is 12.0. The maximum Gasteiger partial charge on any atom is 0.407 e. The lowest BCUT2D eigenvalue weighted by atomic mass is 10.0. The van der Waals surface area contributed by atoms with Crippen molar-refractivity contribution in [1.29, 1.82) is 0 Å². The van der Waals surface area contributed by atoms with Gasteiger partial charge in [0.2, 0.25) is 0 Å². The highest BCUT2D eigenvalue weighted by atomic mass is 35.5. The minimum Gasteiger partial charge on any atom is -0.444 e. The zero-order valence-corrected chi connectivity index (χ0v) is 16.2. The minimum atomic E-state index is -0.501. The summed E-state index contributed by atoms with van der Waals surface area (Å²) in [5, 5.41) is 3.62. The Morgan fingerprint density at radius 2 is 2.04 bits per heavy atom. The van der Waals surface area contributed by atoms with Crippen LogP contribution in [0.4, 0.5) is 10.5 Å². The summed E-state index contributed by atoms with van der Waals surface area (Å²) in [6, 6.07) is 3.91. The quantitative estimate of drug-likeness (QED) is 0.674. The Bertz CT molecular complexity index is 839. The van der Waals surface area contributed by atoms with Crippen molar-refractivity contribution < 1.29 is 9.53 Å². The highest BCUT2D eigenvalue weighted by molar-refractivity contribution is 7.71. The molecule has 1 aliphatic rings. The van der Waals surface area contributed by atoms with E-state index in [-0.39, 0.29) is 12.1 Å². The van der Waals surface area contributed by atoms with Gasteiger partial charge in [-0.3, -0.25) is 0 Å². The van der Waals surface area contributed by atoms with Crippen molar-refractivity contribution >= 4 is 46.6 Å². The number of nitrogens with one attached hydrogen (secondary N) is 3. The van der Waals surface area contributed by atoms with Gasteiger partial charge in [-0.05, 0) is 58.0 Å². The molecule has 0 radical (unpaired) electrons. The number of piperidine rings is 1. The molecule has 2 aromatic rings. The molecule has 3 rings (SSSR count). The van der Waals surface area contributed by atoms with Crippen LogP contribution in [0.3, 0.4) is 0 Å². The molecule has 1 aliphatic heterocycles. The van der Waals surface area contributed by atoms with Crippen LogP contribution < -0.4 is 10.2 Å². The lowest BCUT2D eigenvalue weighted by molar-refractivity contribution is 0.0500. The topological polar surface area (TPSA) is 73.2 Å². The molecular weight excluding hydrogens is 360 g/mol. The second-order valence-electron chi connectivity index (χ2n) is 7.36. The third-order valence-electron chi connectivity index (χ3n) is 4.07. The molecule has 0 saturated carbocycles. The molecule has 0 aliphatic carbocycles. The Morgan fingerprint density at radius 3 is 2.72 bits per heavy atom. The predicted octanol–water partition coefficient (Wildman–Crippen LogP) is 4.37.